The van der Waals surface area contributed by atoms with Crippen LogP contribution in [0.3, 0.4) is 0 Å². The number of rotatable bonds is 8. The van der Waals surface area contributed by atoms with Gasteiger partial charge in [-0.1, -0.05) is 12.1 Å². The van der Waals surface area contributed by atoms with Crippen molar-refractivity contribution in [3.05, 3.63) is 90.0 Å². The normalized spacial score (nSPS) is 11.6. The molecule has 0 aliphatic carbocycles. The first-order valence-corrected chi connectivity index (χ1v) is 10.2. The maximum Gasteiger partial charge on any atom is 0.267 e. The van der Waals surface area contributed by atoms with E-state index in [9.17, 15) is 13.2 Å². The highest BCUT2D eigenvalue weighted by Crippen LogP contribution is 2.17. The predicted octanol–water partition coefficient (Wildman–Crippen LogP) is 1.93. The number of amides is 1. The minimum absolute atomic E-state index is 0.162. The van der Waals surface area contributed by atoms with Gasteiger partial charge in [-0.3, -0.25) is 15.0 Å². The van der Waals surface area contributed by atoms with Crippen LogP contribution in [0.1, 0.15) is 16.7 Å². The summed E-state index contributed by atoms with van der Waals surface area (Å²) in [6, 6.07) is 12.1. The molecule has 0 unspecified atom stereocenters. The quantitative estimate of drug-likeness (QED) is 0.296. The maximum absolute atomic E-state index is 12.7. The average Bonchev–Trinajstić information content (AvgIpc) is 3.23. The monoisotopic (exact) mass is 412 g/mol. The molecule has 0 saturated heterocycles. The molecular weight excluding hydrogens is 392 g/mol. The van der Waals surface area contributed by atoms with Gasteiger partial charge in [0, 0.05) is 44.0 Å². The number of hydrogen-bond acceptors (Lipinski definition) is 6. The van der Waals surface area contributed by atoms with E-state index in [4.69, 9.17) is 5.21 Å². The van der Waals surface area contributed by atoms with E-state index in [1.165, 1.54) is 23.9 Å². The highest BCUT2D eigenvalue weighted by molar-refractivity contribution is 7.90. The second kappa shape index (κ2) is 9.28. The van der Waals surface area contributed by atoms with E-state index in [0.717, 1.165) is 21.2 Å². The predicted molar refractivity (Wildman–Crippen MR) is 107 cm³/mol. The zero-order chi connectivity index (χ0) is 20.7. The standard InChI is InChI=1S/C20H20N4O4S/c25-20(23-26)6-3-18-9-12-24(15-18)29(27,28)19-4-1-16(2-5-19)13-22-14-17-7-10-21-11-8-17/h1-12,15,22,26H,13-14H2,(H,23,25). The molecule has 1 aromatic carbocycles. The van der Waals surface area contributed by atoms with Crippen LogP contribution in [0.15, 0.2) is 78.2 Å². The molecule has 0 bridgehead atoms. The number of nitrogens with zero attached hydrogens (tertiary/aromatic N) is 2. The first kappa shape index (κ1) is 20.5. The molecule has 1 amide bonds. The smallest absolute Gasteiger partial charge is 0.267 e. The molecule has 3 aromatic rings. The lowest BCUT2D eigenvalue weighted by molar-refractivity contribution is -0.124. The molecule has 0 atom stereocenters. The van der Waals surface area contributed by atoms with Gasteiger partial charge in [-0.05, 0) is 53.1 Å². The number of nitrogens with one attached hydrogen (secondary N) is 2. The van der Waals surface area contributed by atoms with Crippen molar-refractivity contribution in [3.8, 4) is 0 Å². The second-order valence-corrected chi connectivity index (χ2v) is 8.04. The van der Waals surface area contributed by atoms with Crippen LogP contribution >= 0.6 is 0 Å². The summed E-state index contributed by atoms with van der Waals surface area (Å²) >= 11 is 0. The van der Waals surface area contributed by atoms with Crippen LogP contribution in [-0.2, 0) is 27.9 Å². The Morgan fingerprint density at radius 1 is 1.03 bits per heavy atom. The van der Waals surface area contributed by atoms with Gasteiger partial charge in [-0.2, -0.15) is 0 Å². The molecule has 29 heavy (non-hydrogen) atoms. The number of aromatic nitrogens is 2. The van der Waals surface area contributed by atoms with E-state index in [1.807, 2.05) is 12.1 Å². The SMILES string of the molecule is O=C(C=Cc1ccn(S(=O)(=O)c2ccc(CNCc3ccncc3)cc2)c1)NO. The van der Waals surface area contributed by atoms with E-state index >= 15 is 0 Å². The third-order valence-corrected chi connectivity index (χ3v) is 5.78. The van der Waals surface area contributed by atoms with Crippen molar-refractivity contribution in [2.75, 3.05) is 0 Å². The summed E-state index contributed by atoms with van der Waals surface area (Å²) in [6.07, 6.45) is 8.76. The highest BCUT2D eigenvalue weighted by atomic mass is 32.2. The Morgan fingerprint density at radius 2 is 1.69 bits per heavy atom. The van der Waals surface area contributed by atoms with Crippen LogP contribution in [-0.4, -0.2) is 28.5 Å². The Balaban J connectivity index is 1.64. The Morgan fingerprint density at radius 3 is 2.34 bits per heavy atom. The highest BCUT2D eigenvalue weighted by Gasteiger charge is 2.16. The van der Waals surface area contributed by atoms with Gasteiger partial charge >= 0.3 is 0 Å². The van der Waals surface area contributed by atoms with Crippen molar-refractivity contribution in [1.82, 2.24) is 19.8 Å². The summed E-state index contributed by atoms with van der Waals surface area (Å²) < 4.78 is 26.6. The summed E-state index contributed by atoms with van der Waals surface area (Å²) in [5, 5.41) is 11.8. The largest absolute Gasteiger partial charge is 0.309 e. The van der Waals surface area contributed by atoms with Crippen LogP contribution in [0, 0.1) is 0 Å². The molecule has 0 aliphatic heterocycles. The summed E-state index contributed by atoms with van der Waals surface area (Å²) in [7, 11) is -3.74. The molecule has 2 heterocycles. The lowest BCUT2D eigenvalue weighted by atomic mass is 10.2. The zero-order valence-corrected chi connectivity index (χ0v) is 16.2. The second-order valence-electron chi connectivity index (χ2n) is 6.19. The summed E-state index contributed by atoms with van der Waals surface area (Å²) in [5.41, 5.74) is 4.06. The van der Waals surface area contributed by atoms with Gasteiger partial charge in [0.05, 0.1) is 4.90 Å². The molecule has 150 valence electrons. The van der Waals surface area contributed by atoms with Crippen molar-refractivity contribution < 1.29 is 18.4 Å². The van der Waals surface area contributed by atoms with E-state index in [1.54, 1.807) is 42.7 Å². The van der Waals surface area contributed by atoms with Gasteiger partial charge in [0.15, 0.2) is 0 Å². The van der Waals surface area contributed by atoms with Gasteiger partial charge in [-0.15, -0.1) is 0 Å². The van der Waals surface area contributed by atoms with Gasteiger partial charge in [0.2, 0.25) is 0 Å². The van der Waals surface area contributed by atoms with Gasteiger partial charge in [0.1, 0.15) is 0 Å². The number of pyridine rings is 1. The molecule has 0 saturated carbocycles. The molecular formula is C20H20N4O4S. The average molecular weight is 412 g/mol. The molecule has 0 fully saturated rings. The van der Waals surface area contributed by atoms with Crippen molar-refractivity contribution in [2.45, 2.75) is 18.0 Å². The van der Waals surface area contributed by atoms with Gasteiger partial charge < -0.3 is 5.32 Å². The Kier molecular flexibility index (Phi) is 6.55. The third-order valence-electron chi connectivity index (χ3n) is 4.13. The van der Waals surface area contributed by atoms with E-state index in [2.05, 4.69) is 10.3 Å². The maximum atomic E-state index is 12.7. The lowest BCUT2D eigenvalue weighted by Gasteiger charge is -2.08. The molecule has 3 rings (SSSR count). The minimum atomic E-state index is -3.74. The lowest BCUT2D eigenvalue weighted by Crippen LogP contribution is -2.14. The Labute approximate surface area is 168 Å². The first-order chi connectivity index (χ1) is 14.0. The van der Waals surface area contributed by atoms with Crippen molar-refractivity contribution in [1.29, 1.82) is 0 Å². The fourth-order valence-corrected chi connectivity index (χ4v) is 3.81. The Hall–Kier alpha value is -3.27. The minimum Gasteiger partial charge on any atom is -0.309 e. The zero-order valence-electron chi connectivity index (χ0n) is 15.4. The molecule has 0 spiro atoms. The van der Waals surface area contributed by atoms with Crippen LogP contribution < -0.4 is 10.8 Å². The fourth-order valence-electron chi connectivity index (χ4n) is 2.60. The van der Waals surface area contributed by atoms with E-state index < -0.39 is 15.9 Å². The number of hydroxylamine groups is 1. The summed E-state index contributed by atoms with van der Waals surface area (Å²) in [6.45, 7) is 1.30. The molecule has 9 heteroatoms. The first-order valence-electron chi connectivity index (χ1n) is 8.73. The van der Waals surface area contributed by atoms with E-state index in [-0.39, 0.29) is 4.90 Å². The number of benzene rings is 1. The van der Waals surface area contributed by atoms with Crippen LogP contribution in [0.25, 0.3) is 6.08 Å². The molecule has 3 N–H and O–H groups in total. The fraction of sp³-hybridized carbons (Fsp3) is 0.100. The number of carbonyl (C=O) groups excluding carboxylic acids is 1. The summed E-state index contributed by atoms with van der Waals surface area (Å²) in [4.78, 5) is 15.2. The molecule has 0 aliphatic rings. The van der Waals surface area contributed by atoms with Crippen molar-refractivity contribution >= 4 is 22.0 Å². The van der Waals surface area contributed by atoms with E-state index in [0.29, 0.717) is 18.7 Å². The van der Waals surface area contributed by atoms with Gasteiger partial charge in [0.25, 0.3) is 15.9 Å². The van der Waals surface area contributed by atoms with Crippen molar-refractivity contribution in [3.63, 3.8) is 0 Å². The van der Waals surface area contributed by atoms with Crippen LogP contribution in [0.5, 0.6) is 0 Å². The van der Waals surface area contributed by atoms with Gasteiger partial charge in [-0.25, -0.2) is 17.9 Å². The molecule has 0 radical (unpaired) electrons. The molecule has 8 nitrogen and oxygen atoms in total. The van der Waals surface area contributed by atoms with Crippen LogP contribution in [0.2, 0.25) is 0 Å². The van der Waals surface area contributed by atoms with Crippen LogP contribution in [0.4, 0.5) is 0 Å². The molecule has 2 aromatic heterocycles. The third kappa shape index (κ3) is 5.38. The summed E-state index contributed by atoms with van der Waals surface area (Å²) in [5.74, 6) is -0.700. The topological polar surface area (TPSA) is 113 Å². The Bertz CT molecular complexity index is 1090. The number of carbonyl (C=O) groups is 1. The van der Waals surface area contributed by atoms with Crippen molar-refractivity contribution in [2.24, 2.45) is 0 Å². The number of hydrogen-bond donors (Lipinski definition) is 3.